The van der Waals surface area contributed by atoms with Crippen molar-refractivity contribution in [2.75, 3.05) is 13.1 Å². The van der Waals surface area contributed by atoms with Crippen molar-refractivity contribution in [3.63, 3.8) is 0 Å². The molecule has 2 saturated heterocycles. The van der Waals surface area contributed by atoms with Crippen LogP contribution >= 0.6 is 0 Å². The molecule has 0 aromatic carbocycles. The molecule has 0 bridgehead atoms. The smallest absolute Gasteiger partial charge is 0.307 e. The molecule has 3 rings (SSSR count). The molecule has 6 nitrogen and oxygen atoms in total. The summed E-state index contributed by atoms with van der Waals surface area (Å²) in [6.07, 6.45) is 3.50. The number of imide groups is 1. The molecule has 1 N–H and O–H groups in total. The summed E-state index contributed by atoms with van der Waals surface area (Å²) < 4.78 is 0. The summed E-state index contributed by atoms with van der Waals surface area (Å²) in [6.45, 7) is 1.10. The summed E-state index contributed by atoms with van der Waals surface area (Å²) in [5.74, 6) is -1.42. The lowest BCUT2D eigenvalue weighted by Gasteiger charge is -2.33. The van der Waals surface area contributed by atoms with Gasteiger partial charge in [-0.2, -0.15) is 0 Å². The molecular weight excluding hydrogens is 248 g/mol. The van der Waals surface area contributed by atoms with Crippen LogP contribution in [0.4, 0.5) is 0 Å². The first-order valence-electron chi connectivity index (χ1n) is 6.90. The second-order valence-electron chi connectivity index (χ2n) is 5.73. The number of aliphatic carboxylic acids is 1. The summed E-state index contributed by atoms with van der Waals surface area (Å²) in [7, 11) is 0. The van der Waals surface area contributed by atoms with E-state index in [4.69, 9.17) is 5.11 Å². The zero-order chi connectivity index (χ0) is 13.6. The fourth-order valence-electron chi connectivity index (χ4n) is 3.13. The molecule has 0 radical (unpaired) electrons. The van der Waals surface area contributed by atoms with Crippen molar-refractivity contribution in [3.05, 3.63) is 0 Å². The van der Waals surface area contributed by atoms with E-state index in [0.29, 0.717) is 19.5 Å². The van der Waals surface area contributed by atoms with Gasteiger partial charge in [0.2, 0.25) is 11.8 Å². The number of hydrogen-bond donors (Lipinski definition) is 1. The number of carboxylic acids is 1. The van der Waals surface area contributed by atoms with Crippen molar-refractivity contribution in [3.8, 4) is 0 Å². The molecule has 0 spiro atoms. The summed E-state index contributed by atoms with van der Waals surface area (Å²) in [5.41, 5.74) is 0. The topological polar surface area (TPSA) is 77.9 Å². The zero-order valence-corrected chi connectivity index (χ0v) is 10.7. The number of amides is 2. The first kappa shape index (κ1) is 12.6. The molecule has 2 heterocycles. The van der Waals surface area contributed by atoms with Gasteiger partial charge in [0.25, 0.3) is 0 Å². The molecule has 0 aromatic rings. The largest absolute Gasteiger partial charge is 0.481 e. The van der Waals surface area contributed by atoms with Crippen molar-refractivity contribution in [2.24, 2.45) is 5.92 Å². The molecule has 3 aliphatic rings. The quantitative estimate of drug-likeness (QED) is 0.732. The van der Waals surface area contributed by atoms with Crippen LogP contribution in [0.25, 0.3) is 0 Å². The summed E-state index contributed by atoms with van der Waals surface area (Å²) in [5, 5.41) is 9.08. The lowest BCUT2D eigenvalue weighted by Crippen LogP contribution is -2.48. The van der Waals surface area contributed by atoms with E-state index in [1.54, 1.807) is 0 Å². The molecule has 3 fully saturated rings. The van der Waals surface area contributed by atoms with E-state index < -0.39 is 17.9 Å². The third-order valence-electron chi connectivity index (χ3n) is 4.31. The summed E-state index contributed by atoms with van der Waals surface area (Å²) in [6, 6.07) is -0.305. The van der Waals surface area contributed by atoms with Gasteiger partial charge in [-0.25, -0.2) is 0 Å². The highest BCUT2D eigenvalue weighted by Crippen LogP contribution is 2.33. The van der Waals surface area contributed by atoms with E-state index >= 15 is 0 Å². The van der Waals surface area contributed by atoms with Crippen LogP contribution < -0.4 is 0 Å². The maximum Gasteiger partial charge on any atom is 0.307 e. The van der Waals surface area contributed by atoms with Crippen LogP contribution in [-0.2, 0) is 14.4 Å². The van der Waals surface area contributed by atoms with Crippen LogP contribution in [0.5, 0.6) is 0 Å². The Morgan fingerprint density at radius 2 is 1.95 bits per heavy atom. The third-order valence-corrected chi connectivity index (χ3v) is 4.31. The highest BCUT2D eigenvalue weighted by molar-refractivity contribution is 6.06. The number of carbonyl (C=O) groups is 3. The first-order chi connectivity index (χ1) is 9.08. The predicted octanol–water partition coefficient (Wildman–Crippen LogP) is 0.0729. The number of rotatable bonds is 3. The minimum atomic E-state index is -0.805. The van der Waals surface area contributed by atoms with Gasteiger partial charge in [-0.3, -0.25) is 24.2 Å². The standard InChI is InChI=1S/C13H18N2O4/c16-11-6-10(12(17)15(11)9-3-4-9)14-5-1-2-8(7-14)13(18)19/h8-10H,1-7H2,(H,18,19). The van der Waals surface area contributed by atoms with Gasteiger partial charge >= 0.3 is 5.97 Å². The van der Waals surface area contributed by atoms with Gasteiger partial charge in [-0.1, -0.05) is 0 Å². The van der Waals surface area contributed by atoms with Gasteiger partial charge in [-0.15, -0.1) is 0 Å². The Morgan fingerprint density at radius 1 is 1.21 bits per heavy atom. The Morgan fingerprint density at radius 3 is 2.58 bits per heavy atom. The molecular formula is C13H18N2O4. The third kappa shape index (κ3) is 2.25. The van der Waals surface area contributed by atoms with Crippen molar-refractivity contribution < 1.29 is 19.5 Å². The minimum Gasteiger partial charge on any atom is -0.481 e. The van der Waals surface area contributed by atoms with Crippen LogP contribution in [0.2, 0.25) is 0 Å². The van der Waals surface area contributed by atoms with Crippen LogP contribution in [0, 0.1) is 5.92 Å². The van der Waals surface area contributed by atoms with Crippen LogP contribution in [-0.4, -0.2) is 57.9 Å². The Hall–Kier alpha value is -1.43. The molecule has 0 aromatic heterocycles. The minimum absolute atomic E-state index is 0.0880. The first-order valence-corrected chi connectivity index (χ1v) is 6.90. The normalized spacial score (nSPS) is 32.9. The fraction of sp³-hybridized carbons (Fsp3) is 0.769. The maximum absolute atomic E-state index is 12.3. The molecule has 104 valence electrons. The molecule has 1 saturated carbocycles. The van der Waals surface area contributed by atoms with E-state index in [-0.39, 0.29) is 24.3 Å². The Kier molecular flexibility index (Phi) is 3.05. The van der Waals surface area contributed by atoms with Gasteiger partial charge in [0.15, 0.2) is 0 Å². The van der Waals surface area contributed by atoms with Crippen molar-refractivity contribution in [1.82, 2.24) is 9.80 Å². The fourth-order valence-corrected chi connectivity index (χ4v) is 3.13. The Labute approximate surface area is 111 Å². The summed E-state index contributed by atoms with van der Waals surface area (Å²) >= 11 is 0. The van der Waals surface area contributed by atoms with E-state index in [9.17, 15) is 14.4 Å². The SMILES string of the molecule is O=C(O)C1CCCN(C2CC(=O)N(C3CC3)C2=O)C1. The molecule has 19 heavy (non-hydrogen) atoms. The van der Waals surface area contributed by atoms with Crippen LogP contribution in [0.3, 0.4) is 0 Å². The number of piperidine rings is 1. The number of likely N-dealkylation sites (tertiary alicyclic amines) is 2. The average molecular weight is 266 g/mol. The predicted molar refractivity (Wildman–Crippen MR) is 65.2 cm³/mol. The number of carboxylic acid groups (broad SMARTS) is 1. The Balaban J connectivity index is 1.70. The van der Waals surface area contributed by atoms with Gasteiger partial charge in [0.1, 0.15) is 0 Å². The highest BCUT2D eigenvalue weighted by Gasteiger charge is 2.48. The number of nitrogens with zero attached hydrogens (tertiary/aromatic N) is 2. The van der Waals surface area contributed by atoms with Gasteiger partial charge in [0, 0.05) is 12.6 Å². The van der Waals surface area contributed by atoms with E-state index in [1.165, 1.54) is 4.90 Å². The van der Waals surface area contributed by atoms with Crippen molar-refractivity contribution in [1.29, 1.82) is 0 Å². The van der Waals surface area contributed by atoms with E-state index in [2.05, 4.69) is 0 Å². The molecule has 1 aliphatic carbocycles. The average Bonchev–Trinajstić information content (AvgIpc) is 3.16. The zero-order valence-electron chi connectivity index (χ0n) is 10.7. The lowest BCUT2D eigenvalue weighted by atomic mass is 9.96. The van der Waals surface area contributed by atoms with E-state index in [0.717, 1.165) is 19.3 Å². The molecule has 2 unspecified atom stereocenters. The van der Waals surface area contributed by atoms with Crippen molar-refractivity contribution in [2.45, 2.75) is 44.2 Å². The molecule has 6 heteroatoms. The van der Waals surface area contributed by atoms with Gasteiger partial charge in [-0.05, 0) is 32.2 Å². The number of carbonyl (C=O) groups excluding carboxylic acids is 2. The van der Waals surface area contributed by atoms with Gasteiger partial charge < -0.3 is 5.11 Å². The van der Waals surface area contributed by atoms with Gasteiger partial charge in [0.05, 0.1) is 18.4 Å². The van der Waals surface area contributed by atoms with Crippen molar-refractivity contribution >= 4 is 17.8 Å². The Bertz CT molecular complexity index is 432. The van der Waals surface area contributed by atoms with Crippen LogP contribution in [0.1, 0.15) is 32.1 Å². The second-order valence-corrected chi connectivity index (χ2v) is 5.73. The molecule has 2 aliphatic heterocycles. The van der Waals surface area contributed by atoms with E-state index in [1.807, 2.05) is 4.90 Å². The molecule has 2 atom stereocenters. The highest BCUT2D eigenvalue weighted by atomic mass is 16.4. The maximum atomic E-state index is 12.3. The second kappa shape index (κ2) is 4.59. The number of hydrogen-bond acceptors (Lipinski definition) is 4. The van der Waals surface area contributed by atoms with Crippen LogP contribution in [0.15, 0.2) is 0 Å². The monoisotopic (exact) mass is 266 g/mol. The summed E-state index contributed by atoms with van der Waals surface area (Å²) in [4.78, 5) is 38.5. The molecule has 2 amide bonds. The lowest BCUT2D eigenvalue weighted by molar-refractivity contribution is -0.146.